The maximum atomic E-state index is 11.9. The van der Waals surface area contributed by atoms with Gasteiger partial charge in [-0.15, -0.1) is 0 Å². The molecule has 1 atom stereocenters. The van der Waals surface area contributed by atoms with E-state index in [0.717, 1.165) is 30.5 Å². The number of rotatable bonds is 5. The molecule has 1 saturated carbocycles. The van der Waals surface area contributed by atoms with Crippen molar-refractivity contribution in [3.8, 4) is 0 Å². The fraction of sp³-hybridized carbons (Fsp3) is 0.400. The number of hydrogen-bond donors (Lipinski definition) is 2. The standard InChI is InChI=1S/C15H20N2O/c1-2-6-13(16)14(11-7-4-3-5-8-11)17-15(18)12-9-10-12/h3-8,12,14H,2,9-10,16H2,1H3,(H,17,18)/b13-6-. The zero-order chi connectivity index (χ0) is 13.0. The number of benzene rings is 1. The van der Waals surface area contributed by atoms with Crippen molar-refractivity contribution < 1.29 is 4.79 Å². The van der Waals surface area contributed by atoms with Gasteiger partial charge in [0.15, 0.2) is 0 Å². The van der Waals surface area contributed by atoms with Gasteiger partial charge in [0.1, 0.15) is 0 Å². The fourth-order valence-electron chi connectivity index (χ4n) is 1.96. The number of nitrogens with two attached hydrogens (primary N) is 1. The summed E-state index contributed by atoms with van der Waals surface area (Å²) in [6, 6.07) is 9.68. The molecule has 1 unspecified atom stereocenters. The van der Waals surface area contributed by atoms with E-state index in [1.807, 2.05) is 43.3 Å². The molecule has 0 saturated heterocycles. The largest absolute Gasteiger partial charge is 0.400 e. The first-order valence-corrected chi connectivity index (χ1v) is 6.53. The van der Waals surface area contributed by atoms with E-state index in [9.17, 15) is 4.79 Å². The first-order chi connectivity index (χ1) is 8.72. The predicted molar refractivity (Wildman–Crippen MR) is 72.6 cm³/mol. The molecule has 3 nitrogen and oxygen atoms in total. The van der Waals surface area contributed by atoms with Gasteiger partial charge in [-0.2, -0.15) is 0 Å². The molecular formula is C15H20N2O. The third kappa shape index (κ3) is 3.13. The molecule has 18 heavy (non-hydrogen) atoms. The Morgan fingerprint density at radius 1 is 1.44 bits per heavy atom. The zero-order valence-corrected chi connectivity index (χ0v) is 10.7. The van der Waals surface area contributed by atoms with Crippen molar-refractivity contribution in [2.75, 3.05) is 0 Å². The molecule has 0 heterocycles. The minimum absolute atomic E-state index is 0.122. The Morgan fingerprint density at radius 3 is 2.67 bits per heavy atom. The van der Waals surface area contributed by atoms with E-state index in [1.165, 1.54) is 0 Å². The molecule has 0 aromatic heterocycles. The third-order valence-corrected chi connectivity index (χ3v) is 3.14. The van der Waals surface area contributed by atoms with E-state index in [4.69, 9.17) is 5.73 Å². The molecule has 1 aromatic carbocycles. The van der Waals surface area contributed by atoms with Crippen molar-refractivity contribution >= 4 is 5.91 Å². The first kappa shape index (κ1) is 12.7. The molecule has 0 aliphatic heterocycles. The monoisotopic (exact) mass is 244 g/mol. The van der Waals surface area contributed by atoms with Crippen LogP contribution in [0.3, 0.4) is 0 Å². The van der Waals surface area contributed by atoms with Crippen molar-refractivity contribution in [2.24, 2.45) is 11.7 Å². The number of nitrogens with one attached hydrogen (secondary N) is 1. The highest BCUT2D eigenvalue weighted by Crippen LogP contribution is 2.30. The van der Waals surface area contributed by atoms with Crippen LogP contribution in [0, 0.1) is 5.92 Å². The molecule has 0 radical (unpaired) electrons. The average molecular weight is 244 g/mol. The van der Waals surface area contributed by atoms with E-state index in [2.05, 4.69) is 5.32 Å². The van der Waals surface area contributed by atoms with Crippen molar-refractivity contribution in [1.82, 2.24) is 5.32 Å². The lowest BCUT2D eigenvalue weighted by atomic mass is 10.0. The van der Waals surface area contributed by atoms with E-state index >= 15 is 0 Å². The molecule has 1 aliphatic carbocycles. The van der Waals surface area contributed by atoms with Gasteiger partial charge in [-0.1, -0.05) is 43.3 Å². The molecular weight excluding hydrogens is 224 g/mol. The van der Waals surface area contributed by atoms with E-state index < -0.39 is 0 Å². The lowest BCUT2D eigenvalue weighted by Crippen LogP contribution is -2.33. The van der Waals surface area contributed by atoms with Crippen LogP contribution in [0.2, 0.25) is 0 Å². The molecule has 1 aliphatic rings. The average Bonchev–Trinajstić information content (AvgIpc) is 3.21. The van der Waals surface area contributed by atoms with Gasteiger partial charge < -0.3 is 11.1 Å². The van der Waals surface area contributed by atoms with Gasteiger partial charge in [0, 0.05) is 11.6 Å². The highest BCUT2D eigenvalue weighted by molar-refractivity contribution is 5.81. The second-order valence-corrected chi connectivity index (χ2v) is 4.74. The van der Waals surface area contributed by atoms with Crippen molar-refractivity contribution in [1.29, 1.82) is 0 Å². The highest BCUT2D eigenvalue weighted by atomic mass is 16.2. The molecule has 3 heteroatoms. The smallest absolute Gasteiger partial charge is 0.223 e. The lowest BCUT2D eigenvalue weighted by Gasteiger charge is -2.20. The summed E-state index contributed by atoms with van der Waals surface area (Å²) >= 11 is 0. The van der Waals surface area contributed by atoms with Crippen LogP contribution >= 0.6 is 0 Å². The summed E-state index contributed by atoms with van der Waals surface area (Å²) in [4.78, 5) is 11.9. The second kappa shape index (κ2) is 5.71. The minimum Gasteiger partial charge on any atom is -0.400 e. The van der Waals surface area contributed by atoms with Gasteiger partial charge in [0.05, 0.1) is 6.04 Å². The molecule has 0 bridgehead atoms. The van der Waals surface area contributed by atoms with Gasteiger partial charge in [0.2, 0.25) is 5.91 Å². The van der Waals surface area contributed by atoms with Crippen LogP contribution in [-0.2, 0) is 4.79 Å². The van der Waals surface area contributed by atoms with Gasteiger partial charge >= 0.3 is 0 Å². The Labute approximate surface area is 108 Å². The van der Waals surface area contributed by atoms with Crippen LogP contribution in [0.15, 0.2) is 42.1 Å². The van der Waals surface area contributed by atoms with Crippen molar-refractivity contribution in [3.05, 3.63) is 47.7 Å². The van der Waals surface area contributed by atoms with Crippen LogP contribution in [0.1, 0.15) is 37.8 Å². The SMILES string of the molecule is CC/C=C(\N)C(NC(=O)C1CC1)c1ccccc1. The summed E-state index contributed by atoms with van der Waals surface area (Å²) in [6.45, 7) is 2.04. The van der Waals surface area contributed by atoms with Crippen LogP contribution in [-0.4, -0.2) is 5.91 Å². The quantitative estimate of drug-likeness (QED) is 0.836. The van der Waals surface area contributed by atoms with Gasteiger partial charge in [-0.05, 0) is 24.8 Å². The molecule has 1 fully saturated rings. The highest BCUT2D eigenvalue weighted by Gasteiger charge is 2.31. The Morgan fingerprint density at radius 2 is 2.11 bits per heavy atom. The number of carbonyl (C=O) groups is 1. The van der Waals surface area contributed by atoms with Crippen LogP contribution in [0.25, 0.3) is 0 Å². The summed E-state index contributed by atoms with van der Waals surface area (Å²) in [6.07, 6.45) is 4.84. The third-order valence-electron chi connectivity index (χ3n) is 3.14. The van der Waals surface area contributed by atoms with Crippen LogP contribution in [0.5, 0.6) is 0 Å². The van der Waals surface area contributed by atoms with Gasteiger partial charge in [0.25, 0.3) is 0 Å². The van der Waals surface area contributed by atoms with Crippen molar-refractivity contribution in [2.45, 2.75) is 32.2 Å². The zero-order valence-electron chi connectivity index (χ0n) is 10.7. The second-order valence-electron chi connectivity index (χ2n) is 4.74. The van der Waals surface area contributed by atoms with E-state index in [-0.39, 0.29) is 17.9 Å². The summed E-state index contributed by atoms with van der Waals surface area (Å²) in [5.74, 6) is 0.321. The van der Waals surface area contributed by atoms with Gasteiger partial charge in [-0.25, -0.2) is 0 Å². The summed E-state index contributed by atoms with van der Waals surface area (Å²) < 4.78 is 0. The number of hydrogen-bond acceptors (Lipinski definition) is 2. The Hall–Kier alpha value is -1.77. The topological polar surface area (TPSA) is 55.1 Å². The predicted octanol–water partition coefficient (Wildman–Crippen LogP) is 2.51. The van der Waals surface area contributed by atoms with Crippen LogP contribution in [0.4, 0.5) is 0 Å². The van der Waals surface area contributed by atoms with Crippen molar-refractivity contribution in [3.63, 3.8) is 0 Å². The summed E-state index contributed by atoms with van der Waals surface area (Å²) in [7, 11) is 0. The number of carbonyl (C=O) groups excluding carboxylic acids is 1. The number of amides is 1. The first-order valence-electron chi connectivity index (χ1n) is 6.53. The maximum absolute atomic E-state index is 11.9. The normalized spacial score (nSPS) is 17.3. The fourth-order valence-corrected chi connectivity index (χ4v) is 1.96. The lowest BCUT2D eigenvalue weighted by molar-refractivity contribution is -0.122. The van der Waals surface area contributed by atoms with Crippen LogP contribution < -0.4 is 11.1 Å². The minimum atomic E-state index is -0.195. The molecule has 0 spiro atoms. The molecule has 2 rings (SSSR count). The van der Waals surface area contributed by atoms with Gasteiger partial charge in [-0.3, -0.25) is 4.79 Å². The Balaban J connectivity index is 2.17. The Bertz CT molecular complexity index is 435. The van der Waals surface area contributed by atoms with E-state index in [1.54, 1.807) is 0 Å². The maximum Gasteiger partial charge on any atom is 0.223 e. The van der Waals surface area contributed by atoms with E-state index in [0.29, 0.717) is 0 Å². The number of allylic oxidation sites excluding steroid dienone is 1. The molecule has 3 N–H and O–H groups in total. The Kier molecular flexibility index (Phi) is 4.03. The molecule has 1 aromatic rings. The molecule has 1 amide bonds. The summed E-state index contributed by atoms with van der Waals surface area (Å²) in [5, 5.41) is 3.05. The summed E-state index contributed by atoms with van der Waals surface area (Å²) in [5.41, 5.74) is 7.83. The molecule has 96 valence electrons.